The van der Waals surface area contributed by atoms with Crippen molar-refractivity contribution in [1.29, 1.82) is 0 Å². The second kappa shape index (κ2) is 4.35. The number of anilines is 1. The number of halogens is 1. The molecule has 0 radical (unpaired) electrons. The van der Waals surface area contributed by atoms with Crippen LogP contribution in [0, 0.1) is 0 Å². The van der Waals surface area contributed by atoms with Gasteiger partial charge in [-0.3, -0.25) is 4.79 Å². The molecule has 0 aromatic carbocycles. The fourth-order valence-corrected chi connectivity index (χ4v) is 2.37. The third kappa shape index (κ3) is 2.22. The Morgan fingerprint density at radius 3 is 2.87 bits per heavy atom. The Hall–Kier alpha value is -0.840. The van der Waals surface area contributed by atoms with Crippen molar-refractivity contribution in [1.82, 2.24) is 9.78 Å². The van der Waals surface area contributed by atoms with Crippen LogP contribution in [-0.4, -0.2) is 15.8 Å². The van der Waals surface area contributed by atoms with Gasteiger partial charge in [-0.05, 0) is 28.8 Å². The molecule has 0 spiro atoms. The zero-order chi connectivity index (χ0) is 10.8. The second-order valence-corrected chi connectivity index (χ2v) is 4.72. The summed E-state index contributed by atoms with van der Waals surface area (Å²) in [5, 5.41) is 7.35. The second-order valence-electron chi connectivity index (χ2n) is 3.93. The van der Waals surface area contributed by atoms with Crippen molar-refractivity contribution in [2.24, 2.45) is 7.05 Å². The number of aromatic nitrogens is 2. The topological polar surface area (TPSA) is 46.9 Å². The van der Waals surface area contributed by atoms with Crippen molar-refractivity contribution in [3.8, 4) is 0 Å². The molecule has 1 aromatic heterocycles. The summed E-state index contributed by atoms with van der Waals surface area (Å²) >= 11 is 3.30. The lowest BCUT2D eigenvalue weighted by Crippen LogP contribution is -2.23. The highest BCUT2D eigenvalue weighted by atomic mass is 79.9. The van der Waals surface area contributed by atoms with Crippen molar-refractivity contribution in [3.05, 3.63) is 21.0 Å². The molecule has 0 amide bonds. The van der Waals surface area contributed by atoms with Gasteiger partial charge in [-0.1, -0.05) is 12.8 Å². The number of nitrogens with zero attached hydrogens (tertiary/aromatic N) is 2. The largest absolute Gasteiger partial charge is 0.380 e. The third-order valence-corrected chi connectivity index (χ3v) is 3.56. The van der Waals surface area contributed by atoms with E-state index >= 15 is 0 Å². The van der Waals surface area contributed by atoms with Crippen LogP contribution in [0.1, 0.15) is 25.7 Å². The quantitative estimate of drug-likeness (QED) is 0.894. The maximum absolute atomic E-state index is 11.6. The van der Waals surface area contributed by atoms with Gasteiger partial charge in [-0.25, -0.2) is 4.68 Å². The van der Waals surface area contributed by atoms with Gasteiger partial charge in [0.1, 0.15) is 4.47 Å². The van der Waals surface area contributed by atoms with Gasteiger partial charge in [0, 0.05) is 13.1 Å². The molecular weight excluding hydrogens is 258 g/mol. The summed E-state index contributed by atoms with van der Waals surface area (Å²) in [4.78, 5) is 11.6. The average Bonchev–Trinajstić information content (AvgIpc) is 2.72. The molecule has 2 rings (SSSR count). The summed E-state index contributed by atoms with van der Waals surface area (Å²) in [7, 11) is 1.65. The van der Waals surface area contributed by atoms with E-state index in [2.05, 4.69) is 26.3 Å². The predicted octanol–water partition coefficient (Wildman–Crippen LogP) is 1.90. The molecule has 1 heterocycles. The molecule has 5 heteroatoms. The zero-order valence-electron chi connectivity index (χ0n) is 8.66. The summed E-state index contributed by atoms with van der Waals surface area (Å²) < 4.78 is 1.90. The first-order chi connectivity index (χ1) is 7.18. The highest BCUT2D eigenvalue weighted by Gasteiger charge is 2.16. The molecule has 1 aliphatic rings. The van der Waals surface area contributed by atoms with Gasteiger partial charge in [0.2, 0.25) is 0 Å². The van der Waals surface area contributed by atoms with Gasteiger partial charge >= 0.3 is 0 Å². The van der Waals surface area contributed by atoms with Crippen LogP contribution in [-0.2, 0) is 7.05 Å². The van der Waals surface area contributed by atoms with E-state index in [0.29, 0.717) is 10.5 Å². The maximum Gasteiger partial charge on any atom is 0.282 e. The van der Waals surface area contributed by atoms with E-state index in [0.717, 1.165) is 5.69 Å². The van der Waals surface area contributed by atoms with Crippen LogP contribution in [0.25, 0.3) is 0 Å². The van der Waals surface area contributed by atoms with Crippen molar-refractivity contribution in [2.75, 3.05) is 5.32 Å². The minimum Gasteiger partial charge on any atom is -0.380 e. The monoisotopic (exact) mass is 271 g/mol. The molecule has 0 unspecified atom stereocenters. The van der Waals surface area contributed by atoms with E-state index in [9.17, 15) is 4.79 Å². The fourth-order valence-electron chi connectivity index (χ4n) is 1.90. The smallest absolute Gasteiger partial charge is 0.282 e. The summed E-state index contributed by atoms with van der Waals surface area (Å²) in [5.41, 5.74) is 0.711. The van der Waals surface area contributed by atoms with Crippen molar-refractivity contribution < 1.29 is 0 Å². The molecule has 1 fully saturated rings. The van der Waals surface area contributed by atoms with Crippen LogP contribution < -0.4 is 10.9 Å². The van der Waals surface area contributed by atoms with Crippen LogP contribution in [0.2, 0.25) is 0 Å². The molecule has 0 saturated heterocycles. The number of aryl methyl sites for hydroxylation is 1. The fraction of sp³-hybridized carbons (Fsp3) is 0.600. The Morgan fingerprint density at radius 1 is 1.53 bits per heavy atom. The Labute approximate surface area is 96.8 Å². The van der Waals surface area contributed by atoms with Gasteiger partial charge in [0.15, 0.2) is 0 Å². The Bertz CT molecular complexity index is 410. The highest BCUT2D eigenvalue weighted by molar-refractivity contribution is 9.10. The van der Waals surface area contributed by atoms with E-state index in [1.165, 1.54) is 30.4 Å². The molecule has 1 aromatic rings. The van der Waals surface area contributed by atoms with Crippen molar-refractivity contribution in [3.63, 3.8) is 0 Å². The van der Waals surface area contributed by atoms with Crippen LogP contribution >= 0.6 is 15.9 Å². The minimum absolute atomic E-state index is 0.0991. The third-order valence-electron chi connectivity index (χ3n) is 2.79. The Kier molecular flexibility index (Phi) is 3.09. The Morgan fingerprint density at radius 2 is 2.20 bits per heavy atom. The SMILES string of the molecule is Cn1ncc(NC2CCCC2)c(Br)c1=O. The lowest BCUT2D eigenvalue weighted by Gasteiger charge is -2.14. The van der Waals surface area contributed by atoms with E-state index < -0.39 is 0 Å². The summed E-state index contributed by atoms with van der Waals surface area (Å²) in [6.07, 6.45) is 6.61. The van der Waals surface area contributed by atoms with Crippen molar-refractivity contribution in [2.45, 2.75) is 31.7 Å². The normalized spacial score (nSPS) is 16.9. The van der Waals surface area contributed by atoms with Gasteiger partial charge in [0.05, 0.1) is 11.9 Å². The molecule has 0 bridgehead atoms. The van der Waals surface area contributed by atoms with Crippen molar-refractivity contribution >= 4 is 21.6 Å². The van der Waals surface area contributed by atoms with Crippen LogP contribution in [0.15, 0.2) is 15.5 Å². The standard InChI is InChI=1S/C10H14BrN3O/c1-14-10(15)9(11)8(6-12-14)13-7-4-2-3-5-7/h6-7,13H,2-5H2,1H3. The van der Waals surface area contributed by atoms with Gasteiger partial charge in [-0.15, -0.1) is 0 Å². The van der Waals surface area contributed by atoms with Gasteiger partial charge in [-0.2, -0.15) is 5.10 Å². The summed E-state index contributed by atoms with van der Waals surface area (Å²) in [6.45, 7) is 0. The molecular formula is C10H14BrN3O. The van der Waals surface area contributed by atoms with E-state index in [-0.39, 0.29) is 5.56 Å². The lowest BCUT2D eigenvalue weighted by atomic mass is 10.2. The Balaban J connectivity index is 2.21. The first-order valence-electron chi connectivity index (χ1n) is 5.17. The molecule has 82 valence electrons. The first kappa shape index (κ1) is 10.7. The molecule has 1 aliphatic carbocycles. The molecule has 0 atom stereocenters. The van der Waals surface area contributed by atoms with Gasteiger partial charge < -0.3 is 5.32 Å². The molecule has 1 saturated carbocycles. The maximum atomic E-state index is 11.6. The minimum atomic E-state index is -0.0991. The first-order valence-corrected chi connectivity index (χ1v) is 5.96. The molecule has 0 aliphatic heterocycles. The van der Waals surface area contributed by atoms with Crippen LogP contribution in [0.4, 0.5) is 5.69 Å². The highest BCUT2D eigenvalue weighted by Crippen LogP contribution is 2.24. The molecule has 15 heavy (non-hydrogen) atoms. The summed E-state index contributed by atoms with van der Waals surface area (Å²) in [6, 6.07) is 0.496. The summed E-state index contributed by atoms with van der Waals surface area (Å²) in [5.74, 6) is 0. The number of nitrogens with one attached hydrogen (secondary N) is 1. The van der Waals surface area contributed by atoms with E-state index in [1.54, 1.807) is 13.2 Å². The predicted molar refractivity (Wildman–Crippen MR) is 63.1 cm³/mol. The lowest BCUT2D eigenvalue weighted by molar-refractivity contribution is 0.696. The molecule has 4 nitrogen and oxygen atoms in total. The van der Waals surface area contributed by atoms with E-state index in [4.69, 9.17) is 0 Å². The number of hydrogen-bond donors (Lipinski definition) is 1. The molecule has 1 N–H and O–H groups in total. The average molecular weight is 272 g/mol. The van der Waals surface area contributed by atoms with Crippen LogP contribution in [0.3, 0.4) is 0 Å². The van der Waals surface area contributed by atoms with Crippen LogP contribution in [0.5, 0.6) is 0 Å². The number of hydrogen-bond acceptors (Lipinski definition) is 3. The zero-order valence-corrected chi connectivity index (χ0v) is 10.2. The van der Waals surface area contributed by atoms with Gasteiger partial charge in [0.25, 0.3) is 5.56 Å². The van der Waals surface area contributed by atoms with E-state index in [1.807, 2.05) is 0 Å². The number of rotatable bonds is 2.